The number of ether oxygens (including phenoxy) is 1. The summed E-state index contributed by atoms with van der Waals surface area (Å²) >= 11 is 1.75. The maximum absolute atomic E-state index is 13.3. The van der Waals surface area contributed by atoms with Crippen molar-refractivity contribution in [1.29, 1.82) is 0 Å². The summed E-state index contributed by atoms with van der Waals surface area (Å²) in [7, 11) is 1.62. The van der Waals surface area contributed by atoms with Crippen LogP contribution in [0, 0.1) is 0 Å². The second kappa shape index (κ2) is 9.61. The summed E-state index contributed by atoms with van der Waals surface area (Å²) in [5.74, 6) is 2.51. The first-order valence-corrected chi connectivity index (χ1v) is 12.1. The van der Waals surface area contributed by atoms with Gasteiger partial charge in [0.2, 0.25) is 5.91 Å². The lowest BCUT2D eigenvalue weighted by Gasteiger charge is -2.12. The number of thioether (sulfide) groups is 1. The highest BCUT2D eigenvalue weighted by molar-refractivity contribution is 7.98. The Morgan fingerprint density at radius 2 is 1.82 bits per heavy atom. The van der Waals surface area contributed by atoms with Gasteiger partial charge in [-0.25, -0.2) is 4.68 Å². The van der Waals surface area contributed by atoms with Gasteiger partial charge in [-0.2, -0.15) is 16.9 Å². The molecule has 34 heavy (non-hydrogen) atoms. The van der Waals surface area contributed by atoms with Gasteiger partial charge in [0, 0.05) is 29.2 Å². The van der Waals surface area contributed by atoms with Gasteiger partial charge in [-0.3, -0.25) is 9.59 Å². The largest absolute Gasteiger partial charge is 0.497 e. The number of carbonyl (C=O) groups excluding carboxylic acids is 2. The van der Waals surface area contributed by atoms with Crippen molar-refractivity contribution in [3.05, 3.63) is 89.1 Å². The molecule has 0 saturated carbocycles. The van der Waals surface area contributed by atoms with Crippen LogP contribution in [0.4, 0.5) is 5.82 Å². The number of hydrogen-bond donors (Lipinski definition) is 2. The Hall–Kier alpha value is -3.78. The van der Waals surface area contributed by atoms with E-state index in [9.17, 15) is 9.59 Å². The topological polar surface area (TPSA) is 85.2 Å². The fourth-order valence-corrected chi connectivity index (χ4v) is 5.09. The maximum atomic E-state index is 13.3. The first-order valence-electron chi connectivity index (χ1n) is 11.0. The molecule has 0 saturated heterocycles. The van der Waals surface area contributed by atoms with E-state index in [2.05, 4.69) is 15.7 Å². The Balaban J connectivity index is 1.33. The second-order valence-electron chi connectivity index (χ2n) is 8.03. The number of aromatic nitrogens is 2. The monoisotopic (exact) mass is 472 g/mol. The quantitative estimate of drug-likeness (QED) is 0.418. The van der Waals surface area contributed by atoms with Crippen molar-refractivity contribution in [1.82, 2.24) is 15.1 Å². The van der Waals surface area contributed by atoms with Crippen LogP contribution in [0.3, 0.4) is 0 Å². The van der Waals surface area contributed by atoms with Crippen LogP contribution < -0.4 is 15.4 Å². The summed E-state index contributed by atoms with van der Waals surface area (Å²) in [5.41, 5.74) is 3.47. The zero-order valence-corrected chi connectivity index (χ0v) is 19.5. The number of benzene rings is 3. The summed E-state index contributed by atoms with van der Waals surface area (Å²) in [6.07, 6.45) is 0. The fourth-order valence-electron chi connectivity index (χ4n) is 4.05. The number of hydrogen-bond acceptors (Lipinski definition) is 5. The summed E-state index contributed by atoms with van der Waals surface area (Å²) < 4.78 is 6.78. The molecular formula is C26H24N4O3S. The van der Waals surface area contributed by atoms with Crippen LogP contribution in [0.15, 0.2) is 66.7 Å². The van der Waals surface area contributed by atoms with Gasteiger partial charge < -0.3 is 15.4 Å². The summed E-state index contributed by atoms with van der Waals surface area (Å²) in [5, 5.41) is 12.5. The van der Waals surface area contributed by atoms with Gasteiger partial charge in [0.05, 0.1) is 12.8 Å². The van der Waals surface area contributed by atoms with Crippen LogP contribution in [0.5, 0.6) is 5.75 Å². The van der Waals surface area contributed by atoms with Crippen LogP contribution in [0.25, 0.3) is 10.8 Å². The first-order chi connectivity index (χ1) is 16.6. The molecule has 0 fully saturated rings. The first kappa shape index (κ1) is 22.0. The molecule has 4 aromatic rings. The van der Waals surface area contributed by atoms with Crippen LogP contribution in [-0.4, -0.2) is 28.7 Å². The Kier molecular flexibility index (Phi) is 6.22. The predicted molar refractivity (Wildman–Crippen MR) is 134 cm³/mol. The maximum Gasteiger partial charge on any atom is 0.257 e. The van der Waals surface area contributed by atoms with E-state index in [1.165, 1.54) is 0 Å². The molecule has 2 amide bonds. The van der Waals surface area contributed by atoms with Gasteiger partial charge in [0.25, 0.3) is 5.91 Å². The third-order valence-electron chi connectivity index (χ3n) is 5.83. The van der Waals surface area contributed by atoms with Gasteiger partial charge in [-0.15, -0.1) is 0 Å². The van der Waals surface area contributed by atoms with Crippen molar-refractivity contribution in [2.75, 3.05) is 12.4 Å². The van der Waals surface area contributed by atoms with Crippen LogP contribution in [-0.2, 0) is 29.4 Å². The van der Waals surface area contributed by atoms with Crippen LogP contribution in [0.1, 0.15) is 27.2 Å². The highest BCUT2D eigenvalue weighted by Gasteiger charge is 2.25. The van der Waals surface area contributed by atoms with Gasteiger partial charge >= 0.3 is 0 Å². The third-order valence-corrected chi connectivity index (χ3v) is 6.80. The highest BCUT2D eigenvalue weighted by atomic mass is 32.2. The number of rotatable bonds is 7. The number of fused-ring (bicyclic) bond motifs is 2. The highest BCUT2D eigenvalue weighted by Crippen LogP contribution is 2.35. The SMILES string of the molecule is COc1ccc(CNC(=O)Cn2nc3c(c2NC(=O)c2cccc4ccccc24)CSC3)cc1. The molecule has 1 aliphatic heterocycles. The van der Waals surface area contributed by atoms with Crippen molar-refractivity contribution in [3.8, 4) is 5.75 Å². The molecular weight excluding hydrogens is 448 g/mol. The molecule has 0 bridgehead atoms. The molecule has 5 rings (SSSR count). The van der Waals surface area contributed by atoms with E-state index in [1.807, 2.05) is 66.7 Å². The molecule has 0 unspecified atom stereocenters. The Morgan fingerprint density at radius 1 is 1.03 bits per heavy atom. The minimum atomic E-state index is -0.212. The number of methoxy groups -OCH3 is 1. The normalized spacial score (nSPS) is 12.4. The minimum absolute atomic E-state index is 0.0268. The molecule has 3 aromatic carbocycles. The predicted octanol–water partition coefficient (Wildman–Crippen LogP) is 4.36. The van der Waals surface area contributed by atoms with E-state index >= 15 is 0 Å². The number of carbonyl (C=O) groups is 2. The Morgan fingerprint density at radius 3 is 2.65 bits per heavy atom. The van der Waals surface area contributed by atoms with E-state index in [1.54, 1.807) is 23.6 Å². The number of amides is 2. The number of nitrogens with zero attached hydrogens (tertiary/aromatic N) is 2. The zero-order chi connectivity index (χ0) is 23.5. The average molecular weight is 473 g/mol. The molecule has 0 radical (unpaired) electrons. The Labute approximate surface area is 201 Å². The lowest BCUT2D eigenvalue weighted by Crippen LogP contribution is -2.28. The molecule has 0 spiro atoms. The average Bonchev–Trinajstić information content (AvgIpc) is 3.45. The molecule has 2 N–H and O–H groups in total. The molecule has 2 heterocycles. The fraction of sp³-hybridized carbons (Fsp3) is 0.192. The smallest absolute Gasteiger partial charge is 0.257 e. The van der Waals surface area contributed by atoms with Crippen molar-refractivity contribution in [2.24, 2.45) is 0 Å². The van der Waals surface area contributed by atoms with Gasteiger partial charge in [-0.1, -0.05) is 48.5 Å². The zero-order valence-electron chi connectivity index (χ0n) is 18.7. The second-order valence-corrected chi connectivity index (χ2v) is 9.02. The minimum Gasteiger partial charge on any atom is -0.497 e. The van der Waals surface area contributed by atoms with Gasteiger partial charge in [0.15, 0.2) is 0 Å². The van der Waals surface area contributed by atoms with Crippen LogP contribution >= 0.6 is 11.8 Å². The standard InChI is InChI=1S/C26H24N4O3S/c1-33-19-11-9-17(10-12-19)13-27-24(31)14-30-25(22-15-34-16-23(22)29-30)28-26(32)21-8-4-6-18-5-2-3-7-20(18)21/h2-12H,13-16H2,1H3,(H,27,31)(H,28,32). The third kappa shape index (κ3) is 4.49. The van der Waals surface area contributed by atoms with Crippen molar-refractivity contribution in [3.63, 3.8) is 0 Å². The van der Waals surface area contributed by atoms with Crippen molar-refractivity contribution < 1.29 is 14.3 Å². The molecule has 172 valence electrons. The van der Waals surface area contributed by atoms with Gasteiger partial charge in [0.1, 0.15) is 18.1 Å². The van der Waals surface area contributed by atoms with Gasteiger partial charge in [-0.05, 0) is 34.5 Å². The Bertz CT molecular complexity index is 1360. The molecule has 0 atom stereocenters. The van der Waals surface area contributed by atoms with E-state index in [0.717, 1.165) is 44.8 Å². The van der Waals surface area contributed by atoms with E-state index in [0.29, 0.717) is 17.9 Å². The lowest BCUT2D eigenvalue weighted by atomic mass is 10.0. The van der Waals surface area contributed by atoms with Crippen molar-refractivity contribution >= 4 is 40.2 Å². The molecule has 1 aromatic heterocycles. The summed E-state index contributed by atoms with van der Waals surface area (Å²) in [6.45, 7) is 0.427. The molecule has 1 aliphatic rings. The van der Waals surface area contributed by atoms with Crippen molar-refractivity contribution in [2.45, 2.75) is 24.6 Å². The molecule has 8 heteroatoms. The number of nitrogens with one attached hydrogen (secondary N) is 2. The van der Waals surface area contributed by atoms with E-state index in [-0.39, 0.29) is 18.4 Å². The molecule has 7 nitrogen and oxygen atoms in total. The number of anilines is 1. The summed E-state index contributed by atoms with van der Waals surface area (Å²) in [6, 6.07) is 21.0. The van der Waals surface area contributed by atoms with E-state index in [4.69, 9.17) is 4.74 Å². The molecule has 0 aliphatic carbocycles. The van der Waals surface area contributed by atoms with Crippen LogP contribution in [0.2, 0.25) is 0 Å². The van der Waals surface area contributed by atoms with E-state index < -0.39 is 0 Å². The summed E-state index contributed by atoms with van der Waals surface area (Å²) in [4.78, 5) is 26.0. The lowest BCUT2D eigenvalue weighted by molar-refractivity contribution is -0.122.